The average Bonchev–Trinajstić information content (AvgIpc) is 3.46. The Hall–Kier alpha value is -2.65. The van der Waals surface area contributed by atoms with Gasteiger partial charge in [0.05, 0.1) is 24.0 Å². The maximum atomic E-state index is 14.3. The van der Waals surface area contributed by atoms with E-state index in [9.17, 15) is 14.4 Å². The van der Waals surface area contributed by atoms with Crippen molar-refractivity contribution in [2.75, 3.05) is 25.1 Å². The number of anilines is 1. The van der Waals surface area contributed by atoms with Gasteiger partial charge in [-0.3, -0.25) is 14.4 Å². The van der Waals surface area contributed by atoms with Gasteiger partial charge in [0, 0.05) is 24.9 Å². The molecule has 9 nitrogen and oxygen atoms in total. The second-order valence-electron chi connectivity index (χ2n) is 12.7. The van der Waals surface area contributed by atoms with Crippen LogP contribution in [0.3, 0.4) is 0 Å². The highest BCUT2D eigenvalue weighted by molar-refractivity contribution is 6.02. The average molecular weight is 570 g/mol. The fourth-order valence-corrected chi connectivity index (χ4v) is 7.98. The summed E-state index contributed by atoms with van der Waals surface area (Å²) in [6, 6.07) is 6.58. The Labute approximate surface area is 243 Å². The van der Waals surface area contributed by atoms with E-state index >= 15 is 0 Å². The molecule has 4 fully saturated rings. The number of hydrogen-bond acceptors (Lipinski definition) is 6. The standard InChI is InChI=1S/C32H47N3O6/c1-4-40-24-16-14-23(15-17-24)33-28(37)25-26-30(39)35(18-10-5-6-11-19-36)27(29(38)34-22-12-8-7-9-13-22)32(26)20-21(2)31(25,3)41-32/h14-17,21-22,25-27,36H,4-13,18-20H2,1-3H3,(H,33,37)(H,34,38)/t21?,25-,26+,27?,31+,32?/m1/s1. The maximum absolute atomic E-state index is 14.3. The molecule has 2 bridgehead atoms. The molecular weight excluding hydrogens is 522 g/mol. The number of nitrogens with one attached hydrogen (secondary N) is 2. The first kappa shape index (κ1) is 29.8. The zero-order chi connectivity index (χ0) is 29.2. The number of ether oxygens (including phenoxy) is 2. The van der Waals surface area contributed by atoms with E-state index < -0.39 is 29.1 Å². The molecule has 1 aromatic rings. The molecule has 1 saturated carbocycles. The number of carbonyl (C=O) groups is 3. The van der Waals surface area contributed by atoms with Gasteiger partial charge in [-0.1, -0.05) is 39.0 Å². The highest BCUT2D eigenvalue weighted by atomic mass is 16.5. The van der Waals surface area contributed by atoms with Gasteiger partial charge in [0.2, 0.25) is 17.7 Å². The lowest BCUT2D eigenvalue weighted by molar-refractivity contribution is -0.146. The summed E-state index contributed by atoms with van der Waals surface area (Å²) in [6.45, 7) is 7.07. The van der Waals surface area contributed by atoms with Crippen molar-refractivity contribution in [3.8, 4) is 5.75 Å². The van der Waals surface area contributed by atoms with Gasteiger partial charge in [-0.25, -0.2) is 0 Å². The molecule has 3 N–H and O–H groups in total. The monoisotopic (exact) mass is 569 g/mol. The summed E-state index contributed by atoms with van der Waals surface area (Å²) < 4.78 is 12.4. The van der Waals surface area contributed by atoms with Crippen LogP contribution in [-0.2, 0) is 19.1 Å². The predicted molar refractivity (Wildman–Crippen MR) is 155 cm³/mol. The van der Waals surface area contributed by atoms with Crippen molar-refractivity contribution in [3.63, 3.8) is 0 Å². The number of rotatable bonds is 12. The van der Waals surface area contributed by atoms with E-state index in [-0.39, 0.29) is 36.3 Å². The van der Waals surface area contributed by atoms with Gasteiger partial charge in [0.25, 0.3) is 0 Å². The molecule has 4 aliphatic rings. The third-order valence-corrected chi connectivity index (χ3v) is 10.0. The molecule has 6 atom stereocenters. The molecule has 3 unspecified atom stereocenters. The van der Waals surface area contributed by atoms with Crippen LogP contribution >= 0.6 is 0 Å². The molecule has 3 saturated heterocycles. The molecule has 5 rings (SSSR count). The van der Waals surface area contributed by atoms with Crippen LogP contribution < -0.4 is 15.4 Å². The molecule has 9 heteroatoms. The molecule has 1 aromatic carbocycles. The Morgan fingerprint density at radius 2 is 1.78 bits per heavy atom. The second-order valence-corrected chi connectivity index (χ2v) is 12.7. The first-order chi connectivity index (χ1) is 19.7. The zero-order valence-electron chi connectivity index (χ0n) is 24.8. The second kappa shape index (κ2) is 12.3. The molecule has 41 heavy (non-hydrogen) atoms. The van der Waals surface area contributed by atoms with E-state index in [4.69, 9.17) is 14.6 Å². The Balaban J connectivity index is 1.42. The number of aliphatic hydroxyl groups excluding tert-OH is 1. The van der Waals surface area contributed by atoms with Gasteiger partial charge in [0.1, 0.15) is 17.4 Å². The number of unbranched alkanes of at least 4 members (excludes halogenated alkanes) is 3. The first-order valence-electron chi connectivity index (χ1n) is 15.7. The molecule has 1 aliphatic carbocycles. The van der Waals surface area contributed by atoms with Gasteiger partial charge < -0.3 is 30.1 Å². The number of hydrogen-bond donors (Lipinski definition) is 3. The molecular formula is C32H47N3O6. The van der Waals surface area contributed by atoms with Gasteiger partial charge in [-0.2, -0.15) is 0 Å². The summed E-state index contributed by atoms with van der Waals surface area (Å²) in [6.07, 6.45) is 9.02. The van der Waals surface area contributed by atoms with E-state index in [1.807, 2.05) is 26.0 Å². The van der Waals surface area contributed by atoms with Crippen LogP contribution in [0.1, 0.15) is 85.0 Å². The first-order valence-corrected chi connectivity index (χ1v) is 15.7. The molecule has 3 amide bonds. The van der Waals surface area contributed by atoms with Crippen molar-refractivity contribution in [2.24, 2.45) is 17.8 Å². The molecule has 0 aromatic heterocycles. The van der Waals surface area contributed by atoms with Crippen LogP contribution in [0.4, 0.5) is 5.69 Å². The van der Waals surface area contributed by atoms with E-state index in [0.717, 1.165) is 57.1 Å². The minimum absolute atomic E-state index is 0.00267. The highest BCUT2D eigenvalue weighted by Gasteiger charge is 2.79. The molecule has 3 aliphatic heterocycles. The molecule has 0 radical (unpaired) electrons. The van der Waals surface area contributed by atoms with Gasteiger partial charge >= 0.3 is 0 Å². The lowest BCUT2D eigenvalue weighted by Gasteiger charge is -2.36. The van der Waals surface area contributed by atoms with E-state index in [1.54, 1.807) is 17.0 Å². The van der Waals surface area contributed by atoms with Crippen LogP contribution in [0.25, 0.3) is 0 Å². The number of aliphatic hydroxyl groups is 1. The van der Waals surface area contributed by atoms with E-state index in [0.29, 0.717) is 25.3 Å². The summed E-state index contributed by atoms with van der Waals surface area (Å²) in [5, 5.41) is 15.5. The fourth-order valence-electron chi connectivity index (χ4n) is 7.98. The molecule has 3 heterocycles. The quantitative estimate of drug-likeness (QED) is 0.327. The Kier molecular flexibility index (Phi) is 8.95. The lowest BCUT2D eigenvalue weighted by Crippen LogP contribution is -2.57. The highest BCUT2D eigenvalue weighted by Crippen LogP contribution is 2.65. The van der Waals surface area contributed by atoms with Crippen molar-refractivity contribution in [3.05, 3.63) is 24.3 Å². The van der Waals surface area contributed by atoms with Crippen LogP contribution in [-0.4, -0.2) is 70.8 Å². The topological polar surface area (TPSA) is 117 Å². The summed E-state index contributed by atoms with van der Waals surface area (Å²) >= 11 is 0. The summed E-state index contributed by atoms with van der Waals surface area (Å²) in [7, 11) is 0. The summed E-state index contributed by atoms with van der Waals surface area (Å²) in [5.74, 6) is -1.26. The third kappa shape index (κ3) is 5.47. The van der Waals surface area contributed by atoms with E-state index in [1.165, 1.54) is 6.42 Å². The van der Waals surface area contributed by atoms with Gasteiger partial charge in [-0.05, 0) is 76.1 Å². The number of benzene rings is 1. The van der Waals surface area contributed by atoms with Gasteiger partial charge in [-0.15, -0.1) is 0 Å². The zero-order valence-corrected chi connectivity index (χ0v) is 24.8. The maximum Gasteiger partial charge on any atom is 0.246 e. The minimum Gasteiger partial charge on any atom is -0.494 e. The van der Waals surface area contributed by atoms with Gasteiger partial charge in [0.15, 0.2) is 0 Å². The number of nitrogens with zero attached hydrogens (tertiary/aromatic N) is 1. The van der Waals surface area contributed by atoms with Crippen molar-refractivity contribution in [1.29, 1.82) is 0 Å². The van der Waals surface area contributed by atoms with Crippen molar-refractivity contribution < 1.29 is 29.0 Å². The number of carbonyl (C=O) groups excluding carboxylic acids is 3. The van der Waals surface area contributed by atoms with Crippen molar-refractivity contribution >= 4 is 23.4 Å². The Bertz CT molecular complexity index is 1110. The van der Waals surface area contributed by atoms with Crippen LogP contribution in [0, 0.1) is 17.8 Å². The number of amides is 3. The minimum atomic E-state index is -1.03. The summed E-state index contributed by atoms with van der Waals surface area (Å²) in [5.41, 5.74) is -1.26. The predicted octanol–water partition coefficient (Wildman–Crippen LogP) is 4.04. The van der Waals surface area contributed by atoms with Crippen LogP contribution in [0.5, 0.6) is 5.75 Å². The van der Waals surface area contributed by atoms with Crippen LogP contribution in [0.15, 0.2) is 24.3 Å². The van der Waals surface area contributed by atoms with E-state index in [2.05, 4.69) is 17.6 Å². The number of likely N-dealkylation sites (tertiary alicyclic amines) is 1. The Morgan fingerprint density at radius 3 is 2.46 bits per heavy atom. The largest absolute Gasteiger partial charge is 0.494 e. The smallest absolute Gasteiger partial charge is 0.246 e. The van der Waals surface area contributed by atoms with Crippen molar-refractivity contribution in [2.45, 2.75) is 108 Å². The lowest BCUT2D eigenvalue weighted by atomic mass is 9.62. The third-order valence-electron chi connectivity index (χ3n) is 10.0. The SMILES string of the molecule is CCOc1ccc(NC(=O)[C@H]2[C@H]3C(=O)N(CCCCCCO)C(C(=O)NC4CCCCC4)C34CC(C)[C@]2(C)O4)cc1. The normalized spacial score (nSPS) is 32.7. The molecule has 1 spiro atoms. The number of fused-ring (bicyclic) bond motifs is 1. The summed E-state index contributed by atoms with van der Waals surface area (Å²) in [4.78, 5) is 44.0. The molecule has 226 valence electrons. The Morgan fingerprint density at radius 1 is 1.07 bits per heavy atom. The van der Waals surface area contributed by atoms with Crippen LogP contribution in [0.2, 0.25) is 0 Å². The van der Waals surface area contributed by atoms with Crippen molar-refractivity contribution in [1.82, 2.24) is 10.2 Å². The fraction of sp³-hybridized carbons (Fsp3) is 0.719.